The number of aryl methyl sites for hydroxylation is 1. The molecule has 4 rings (SSSR count). The quantitative estimate of drug-likeness (QED) is 0.213. The highest BCUT2D eigenvalue weighted by molar-refractivity contribution is 6.38. The van der Waals surface area contributed by atoms with Gasteiger partial charge in [0.25, 0.3) is 5.91 Å². The maximum Gasteiger partial charge on any atom is 0.258 e. The topological polar surface area (TPSA) is 119 Å². The van der Waals surface area contributed by atoms with Gasteiger partial charge in [-0.3, -0.25) is 14.4 Å². The van der Waals surface area contributed by atoms with Gasteiger partial charge in [-0.25, -0.2) is 14.9 Å². The van der Waals surface area contributed by atoms with E-state index in [1.165, 1.54) is 24.1 Å². The third kappa shape index (κ3) is 6.07. The molecule has 1 atom stereocenters. The monoisotopic (exact) mass is 591 g/mol. The SMILES string of the molecule is C=CC(=O)N(C(C)=O)c1ccc(-c2ccc(Cl)c(C(Oc3cc4ccccc4nc3C)N(C)C(=O)CN)c2Cl)cn1. The van der Waals surface area contributed by atoms with E-state index in [1.807, 2.05) is 30.3 Å². The van der Waals surface area contributed by atoms with E-state index in [2.05, 4.69) is 16.5 Å². The van der Waals surface area contributed by atoms with Gasteiger partial charge in [0.05, 0.1) is 33.4 Å². The molecule has 0 fully saturated rings. The summed E-state index contributed by atoms with van der Waals surface area (Å²) in [5.41, 5.74) is 8.52. The first-order chi connectivity index (χ1) is 19.6. The number of benzene rings is 2. The molecule has 0 saturated carbocycles. The number of nitrogens with zero attached hydrogens (tertiary/aromatic N) is 4. The van der Waals surface area contributed by atoms with Crippen LogP contribution in [-0.4, -0.2) is 46.2 Å². The van der Waals surface area contributed by atoms with Gasteiger partial charge in [0.1, 0.15) is 11.6 Å². The van der Waals surface area contributed by atoms with E-state index < -0.39 is 23.9 Å². The molecule has 0 spiro atoms. The van der Waals surface area contributed by atoms with Gasteiger partial charge < -0.3 is 15.4 Å². The van der Waals surface area contributed by atoms with Gasteiger partial charge in [-0.2, -0.15) is 0 Å². The Balaban J connectivity index is 1.80. The van der Waals surface area contributed by atoms with Crippen LogP contribution in [0.3, 0.4) is 0 Å². The number of hydrogen-bond acceptors (Lipinski definition) is 7. The number of para-hydroxylation sites is 1. The third-order valence-electron chi connectivity index (χ3n) is 6.40. The lowest BCUT2D eigenvalue weighted by atomic mass is 10.0. The van der Waals surface area contributed by atoms with Crippen LogP contribution in [0.1, 0.15) is 24.4 Å². The minimum Gasteiger partial charge on any atom is -0.464 e. The van der Waals surface area contributed by atoms with E-state index in [-0.39, 0.29) is 22.4 Å². The Morgan fingerprint density at radius 1 is 1.12 bits per heavy atom. The molecular weight excluding hydrogens is 565 g/mol. The highest BCUT2D eigenvalue weighted by Gasteiger charge is 2.30. The summed E-state index contributed by atoms with van der Waals surface area (Å²) in [7, 11) is 1.55. The molecule has 0 saturated heterocycles. The molecule has 11 heteroatoms. The van der Waals surface area contributed by atoms with Crippen molar-refractivity contribution in [1.29, 1.82) is 0 Å². The second kappa shape index (κ2) is 12.5. The summed E-state index contributed by atoms with van der Waals surface area (Å²) in [6, 6.07) is 16.0. The molecule has 2 aromatic heterocycles. The van der Waals surface area contributed by atoms with E-state index in [1.54, 1.807) is 32.2 Å². The summed E-state index contributed by atoms with van der Waals surface area (Å²) < 4.78 is 6.40. The van der Waals surface area contributed by atoms with Crippen molar-refractivity contribution in [2.75, 3.05) is 18.5 Å². The van der Waals surface area contributed by atoms with E-state index in [9.17, 15) is 14.4 Å². The molecule has 4 aromatic rings. The summed E-state index contributed by atoms with van der Waals surface area (Å²) in [5.74, 6) is -0.944. The zero-order valence-electron chi connectivity index (χ0n) is 22.6. The molecule has 0 aliphatic heterocycles. The largest absolute Gasteiger partial charge is 0.464 e. The van der Waals surface area contributed by atoms with Crippen LogP contribution < -0.4 is 15.4 Å². The number of hydrogen-bond donors (Lipinski definition) is 1. The molecule has 2 heterocycles. The van der Waals surface area contributed by atoms with Gasteiger partial charge in [-0.15, -0.1) is 0 Å². The molecule has 0 bridgehead atoms. The van der Waals surface area contributed by atoms with Crippen LogP contribution in [0.5, 0.6) is 5.75 Å². The summed E-state index contributed by atoms with van der Waals surface area (Å²) in [6.07, 6.45) is 1.45. The standard InChI is InChI=1S/C30H27Cl2N5O4/c1-5-26(39)37(18(3)38)25-13-10-20(16-34-25)21-11-12-22(31)28(29(21)32)30(36(4)27(40)15-33)41-24-14-19-8-6-7-9-23(19)35-17(24)2/h5-14,16,30H,1,15,33H2,2-4H3. The minimum atomic E-state index is -1.06. The third-order valence-corrected chi connectivity index (χ3v) is 7.13. The predicted molar refractivity (Wildman–Crippen MR) is 160 cm³/mol. The number of fused-ring (bicyclic) bond motifs is 1. The lowest BCUT2D eigenvalue weighted by Gasteiger charge is -2.31. The average Bonchev–Trinajstić information content (AvgIpc) is 2.96. The van der Waals surface area contributed by atoms with E-state index in [0.717, 1.165) is 21.9 Å². The predicted octanol–water partition coefficient (Wildman–Crippen LogP) is 5.47. The molecule has 210 valence electrons. The van der Waals surface area contributed by atoms with Crippen molar-refractivity contribution in [3.05, 3.63) is 94.8 Å². The van der Waals surface area contributed by atoms with Crippen LogP contribution in [0.25, 0.3) is 22.0 Å². The number of amides is 3. The fraction of sp³-hybridized carbons (Fsp3) is 0.167. The maximum absolute atomic E-state index is 12.8. The van der Waals surface area contributed by atoms with Crippen molar-refractivity contribution in [2.24, 2.45) is 5.73 Å². The van der Waals surface area contributed by atoms with Gasteiger partial charge >= 0.3 is 0 Å². The fourth-order valence-corrected chi connectivity index (χ4v) is 4.92. The Hall–Kier alpha value is -4.31. The summed E-state index contributed by atoms with van der Waals surface area (Å²) >= 11 is 13.6. The first-order valence-corrected chi connectivity index (χ1v) is 13.2. The van der Waals surface area contributed by atoms with Crippen LogP contribution in [0.2, 0.25) is 10.0 Å². The smallest absolute Gasteiger partial charge is 0.258 e. The molecule has 3 amide bonds. The number of likely N-dealkylation sites (N-methyl/N-ethyl adjacent to an activating group) is 1. The Labute approximate surface area is 247 Å². The molecule has 9 nitrogen and oxygen atoms in total. The Bertz CT molecular complexity index is 1660. The van der Waals surface area contributed by atoms with Crippen LogP contribution in [0.4, 0.5) is 5.82 Å². The van der Waals surface area contributed by atoms with Crippen molar-refractivity contribution in [3.63, 3.8) is 0 Å². The average molecular weight is 592 g/mol. The molecular formula is C30H27Cl2N5O4. The minimum absolute atomic E-state index is 0.130. The van der Waals surface area contributed by atoms with Gasteiger partial charge in [-0.1, -0.05) is 54.0 Å². The number of carbonyl (C=O) groups is 3. The van der Waals surface area contributed by atoms with Gasteiger partial charge in [0.2, 0.25) is 18.0 Å². The fourth-order valence-electron chi connectivity index (χ4n) is 4.26. The molecule has 2 N–H and O–H groups in total. The highest BCUT2D eigenvalue weighted by Crippen LogP contribution is 2.41. The summed E-state index contributed by atoms with van der Waals surface area (Å²) in [5, 5.41) is 1.33. The molecule has 0 aliphatic carbocycles. The second-order valence-electron chi connectivity index (χ2n) is 9.07. The summed E-state index contributed by atoms with van der Waals surface area (Å²) in [6.45, 7) is 6.23. The second-order valence-corrected chi connectivity index (χ2v) is 9.85. The Kier molecular flexibility index (Phi) is 9.02. The van der Waals surface area contributed by atoms with Crippen molar-refractivity contribution >= 4 is 57.6 Å². The van der Waals surface area contributed by atoms with Crippen molar-refractivity contribution in [3.8, 4) is 16.9 Å². The molecule has 2 aromatic carbocycles. The van der Waals surface area contributed by atoms with Crippen LogP contribution in [0, 0.1) is 6.92 Å². The van der Waals surface area contributed by atoms with Crippen LogP contribution >= 0.6 is 23.2 Å². The number of halogens is 2. The number of pyridine rings is 2. The molecule has 0 radical (unpaired) electrons. The number of carbonyl (C=O) groups excluding carboxylic acids is 3. The first kappa shape index (κ1) is 29.7. The van der Waals surface area contributed by atoms with Gasteiger partial charge in [0, 0.05) is 36.7 Å². The number of rotatable bonds is 8. The highest BCUT2D eigenvalue weighted by atomic mass is 35.5. The van der Waals surface area contributed by atoms with Crippen molar-refractivity contribution in [1.82, 2.24) is 14.9 Å². The van der Waals surface area contributed by atoms with E-state index in [0.29, 0.717) is 28.1 Å². The number of anilines is 1. The number of ether oxygens (including phenoxy) is 1. The molecule has 41 heavy (non-hydrogen) atoms. The lowest BCUT2D eigenvalue weighted by molar-refractivity contribution is -0.136. The van der Waals surface area contributed by atoms with Crippen LogP contribution in [0.15, 0.2) is 73.4 Å². The maximum atomic E-state index is 12.8. The first-order valence-electron chi connectivity index (χ1n) is 12.5. The van der Waals surface area contributed by atoms with Gasteiger partial charge in [0.15, 0.2) is 0 Å². The molecule has 1 unspecified atom stereocenters. The lowest BCUT2D eigenvalue weighted by Crippen LogP contribution is -2.38. The number of aromatic nitrogens is 2. The Morgan fingerprint density at radius 3 is 2.49 bits per heavy atom. The van der Waals surface area contributed by atoms with E-state index in [4.69, 9.17) is 33.7 Å². The van der Waals surface area contributed by atoms with Crippen molar-refractivity contribution in [2.45, 2.75) is 20.1 Å². The molecule has 0 aliphatic rings. The van der Waals surface area contributed by atoms with Crippen molar-refractivity contribution < 1.29 is 19.1 Å². The zero-order valence-corrected chi connectivity index (χ0v) is 24.1. The zero-order chi connectivity index (χ0) is 29.8. The van der Waals surface area contributed by atoms with E-state index >= 15 is 0 Å². The Morgan fingerprint density at radius 2 is 1.85 bits per heavy atom. The number of imide groups is 1. The number of nitrogens with two attached hydrogens (primary N) is 1. The van der Waals surface area contributed by atoms with Gasteiger partial charge in [-0.05, 0) is 43.3 Å². The summed E-state index contributed by atoms with van der Waals surface area (Å²) in [4.78, 5) is 48.1. The van der Waals surface area contributed by atoms with Crippen LogP contribution in [-0.2, 0) is 14.4 Å². The normalized spacial score (nSPS) is 11.6.